The van der Waals surface area contributed by atoms with Crippen molar-refractivity contribution in [3.05, 3.63) is 17.5 Å². The maximum Gasteiger partial charge on any atom is 0.0669 e. The van der Waals surface area contributed by atoms with Crippen molar-refractivity contribution in [3.8, 4) is 0 Å². The summed E-state index contributed by atoms with van der Waals surface area (Å²) in [4.78, 5) is 2.52. The molecule has 1 fully saturated rings. The van der Waals surface area contributed by atoms with Gasteiger partial charge >= 0.3 is 0 Å². The number of rotatable bonds is 5. The molecular weight excluding hydrogens is 248 g/mol. The highest BCUT2D eigenvalue weighted by Gasteiger charge is 2.32. The third-order valence-corrected chi connectivity index (χ3v) is 4.39. The Bertz CT molecular complexity index is 424. The van der Waals surface area contributed by atoms with E-state index >= 15 is 0 Å². The molecule has 0 saturated carbocycles. The number of hydrogen-bond acceptors (Lipinski definition) is 3. The fraction of sp³-hybridized carbons (Fsp3) is 0.812. The summed E-state index contributed by atoms with van der Waals surface area (Å²) in [5.74, 6) is 0.686. The second kappa shape index (κ2) is 6.72. The minimum Gasteiger partial charge on any atom is -0.314 e. The molecule has 0 amide bonds. The Balaban J connectivity index is 2.22. The normalized spacial score (nSPS) is 24.5. The van der Waals surface area contributed by atoms with Crippen molar-refractivity contribution < 1.29 is 0 Å². The molecule has 1 aromatic heterocycles. The molecule has 0 bridgehead atoms. The van der Waals surface area contributed by atoms with E-state index in [1.807, 2.05) is 11.7 Å². The molecule has 1 N–H and O–H groups in total. The molecule has 1 aromatic rings. The second-order valence-electron chi connectivity index (χ2n) is 6.45. The Morgan fingerprint density at radius 1 is 1.40 bits per heavy atom. The molecule has 2 heterocycles. The van der Waals surface area contributed by atoms with E-state index in [0.29, 0.717) is 18.0 Å². The molecule has 20 heavy (non-hydrogen) atoms. The predicted molar refractivity (Wildman–Crippen MR) is 83.8 cm³/mol. The van der Waals surface area contributed by atoms with Gasteiger partial charge in [-0.15, -0.1) is 0 Å². The summed E-state index contributed by atoms with van der Waals surface area (Å²) in [6.45, 7) is 8.95. The molecule has 0 aliphatic carbocycles. The molecule has 1 aliphatic rings. The van der Waals surface area contributed by atoms with Gasteiger partial charge in [0.25, 0.3) is 0 Å². The molecular formula is C16H30N4. The minimum absolute atomic E-state index is 0.513. The van der Waals surface area contributed by atoms with Crippen molar-refractivity contribution in [3.63, 3.8) is 0 Å². The molecule has 1 saturated heterocycles. The topological polar surface area (TPSA) is 33.1 Å². The van der Waals surface area contributed by atoms with E-state index in [1.165, 1.54) is 30.6 Å². The van der Waals surface area contributed by atoms with Crippen molar-refractivity contribution >= 4 is 0 Å². The van der Waals surface area contributed by atoms with Crippen LogP contribution in [0.3, 0.4) is 0 Å². The summed E-state index contributed by atoms with van der Waals surface area (Å²) < 4.78 is 1.98. The zero-order chi connectivity index (χ0) is 14.7. The first-order chi connectivity index (χ1) is 9.52. The third-order valence-electron chi connectivity index (χ3n) is 4.39. The smallest absolute Gasteiger partial charge is 0.0669 e. The van der Waals surface area contributed by atoms with E-state index in [1.54, 1.807) is 0 Å². The number of likely N-dealkylation sites (tertiary alicyclic amines) is 1. The standard InChI is InChI=1S/C16H30N4/c1-6-15-14(11-20(5)18-15)16-13(10-17-12(2)3)8-7-9-19(16)4/h11-13,16-17H,6-10H2,1-5H3. The zero-order valence-corrected chi connectivity index (χ0v) is 13.7. The highest BCUT2D eigenvalue weighted by molar-refractivity contribution is 5.23. The Kier molecular flexibility index (Phi) is 5.22. The average molecular weight is 278 g/mol. The van der Waals surface area contributed by atoms with Crippen LogP contribution >= 0.6 is 0 Å². The fourth-order valence-corrected chi connectivity index (χ4v) is 3.43. The molecule has 114 valence electrons. The minimum atomic E-state index is 0.513. The summed E-state index contributed by atoms with van der Waals surface area (Å²) in [6, 6.07) is 1.07. The first-order valence-electron chi connectivity index (χ1n) is 7.99. The van der Waals surface area contributed by atoms with Crippen molar-refractivity contribution in [1.82, 2.24) is 20.0 Å². The van der Waals surface area contributed by atoms with Crippen LogP contribution in [-0.4, -0.2) is 40.9 Å². The van der Waals surface area contributed by atoms with Gasteiger partial charge < -0.3 is 5.32 Å². The number of nitrogens with zero attached hydrogens (tertiary/aromatic N) is 3. The lowest BCUT2D eigenvalue weighted by Crippen LogP contribution is -2.42. The molecule has 4 nitrogen and oxygen atoms in total. The lowest BCUT2D eigenvalue weighted by atomic mass is 9.84. The van der Waals surface area contributed by atoms with Gasteiger partial charge in [-0.05, 0) is 38.8 Å². The van der Waals surface area contributed by atoms with E-state index < -0.39 is 0 Å². The van der Waals surface area contributed by atoms with Gasteiger partial charge in [-0.2, -0.15) is 5.10 Å². The summed E-state index contributed by atoms with van der Waals surface area (Å²) in [5.41, 5.74) is 2.70. The van der Waals surface area contributed by atoms with E-state index in [0.717, 1.165) is 13.0 Å². The summed E-state index contributed by atoms with van der Waals surface area (Å²) in [7, 11) is 4.30. The van der Waals surface area contributed by atoms with E-state index in [4.69, 9.17) is 0 Å². The number of piperidine rings is 1. The van der Waals surface area contributed by atoms with Crippen LogP contribution < -0.4 is 5.32 Å². The van der Waals surface area contributed by atoms with Gasteiger partial charge in [-0.25, -0.2) is 0 Å². The van der Waals surface area contributed by atoms with Gasteiger partial charge in [-0.1, -0.05) is 20.8 Å². The van der Waals surface area contributed by atoms with Gasteiger partial charge in [0.05, 0.1) is 5.69 Å². The highest BCUT2D eigenvalue weighted by atomic mass is 15.3. The van der Waals surface area contributed by atoms with Gasteiger partial charge in [0, 0.05) is 37.4 Å². The largest absolute Gasteiger partial charge is 0.314 e. The Labute approximate surface area is 123 Å². The second-order valence-corrected chi connectivity index (χ2v) is 6.45. The zero-order valence-electron chi connectivity index (χ0n) is 13.7. The average Bonchev–Trinajstić information content (AvgIpc) is 2.77. The molecule has 1 aliphatic heterocycles. The van der Waals surface area contributed by atoms with Crippen molar-refractivity contribution in [1.29, 1.82) is 0 Å². The molecule has 0 spiro atoms. The molecule has 2 rings (SSSR count). The van der Waals surface area contributed by atoms with E-state index in [-0.39, 0.29) is 0 Å². The number of aryl methyl sites for hydroxylation is 2. The van der Waals surface area contributed by atoms with Crippen molar-refractivity contribution in [2.24, 2.45) is 13.0 Å². The van der Waals surface area contributed by atoms with Crippen LogP contribution in [-0.2, 0) is 13.5 Å². The van der Waals surface area contributed by atoms with Gasteiger partial charge in [0.15, 0.2) is 0 Å². The van der Waals surface area contributed by atoms with Crippen molar-refractivity contribution in [2.45, 2.75) is 52.1 Å². The van der Waals surface area contributed by atoms with Crippen molar-refractivity contribution in [2.75, 3.05) is 20.1 Å². The number of aromatic nitrogens is 2. The number of nitrogens with one attached hydrogen (secondary N) is 1. The Hall–Kier alpha value is -0.870. The van der Waals surface area contributed by atoms with Gasteiger partial charge in [0.1, 0.15) is 0 Å². The quantitative estimate of drug-likeness (QED) is 0.897. The fourth-order valence-electron chi connectivity index (χ4n) is 3.43. The van der Waals surface area contributed by atoms with Gasteiger partial charge in [-0.3, -0.25) is 9.58 Å². The summed E-state index contributed by atoms with van der Waals surface area (Å²) in [5, 5.41) is 8.26. The maximum atomic E-state index is 4.64. The molecule has 0 radical (unpaired) electrons. The number of hydrogen-bond donors (Lipinski definition) is 1. The maximum absolute atomic E-state index is 4.64. The molecule has 0 aromatic carbocycles. The molecule has 2 atom stereocenters. The van der Waals surface area contributed by atoms with Crippen LogP contribution in [0.1, 0.15) is 50.9 Å². The highest BCUT2D eigenvalue weighted by Crippen LogP contribution is 2.36. The Morgan fingerprint density at radius 2 is 2.15 bits per heavy atom. The first kappa shape index (κ1) is 15.5. The van der Waals surface area contributed by atoms with Crippen LogP contribution in [0.25, 0.3) is 0 Å². The van der Waals surface area contributed by atoms with Crippen LogP contribution in [0, 0.1) is 5.92 Å². The lowest BCUT2D eigenvalue weighted by Gasteiger charge is -2.39. The van der Waals surface area contributed by atoms with E-state index in [9.17, 15) is 0 Å². The van der Waals surface area contributed by atoms with Crippen LogP contribution in [0.4, 0.5) is 0 Å². The van der Waals surface area contributed by atoms with Crippen LogP contribution in [0.2, 0.25) is 0 Å². The lowest BCUT2D eigenvalue weighted by molar-refractivity contribution is 0.117. The van der Waals surface area contributed by atoms with Crippen LogP contribution in [0.5, 0.6) is 0 Å². The Morgan fingerprint density at radius 3 is 2.80 bits per heavy atom. The first-order valence-corrected chi connectivity index (χ1v) is 7.99. The van der Waals surface area contributed by atoms with E-state index in [2.05, 4.69) is 49.3 Å². The SMILES string of the molecule is CCc1nn(C)cc1C1C(CNC(C)C)CCCN1C. The third kappa shape index (κ3) is 3.41. The van der Waals surface area contributed by atoms with Gasteiger partial charge in [0.2, 0.25) is 0 Å². The molecule has 2 unspecified atom stereocenters. The predicted octanol–water partition coefficient (Wildman–Crippen LogP) is 2.36. The van der Waals surface area contributed by atoms with Crippen LogP contribution in [0.15, 0.2) is 6.20 Å². The summed E-state index contributed by atoms with van der Waals surface area (Å²) >= 11 is 0. The summed E-state index contributed by atoms with van der Waals surface area (Å²) in [6.07, 6.45) is 5.87. The monoisotopic (exact) mass is 278 g/mol. The molecule has 4 heteroatoms.